The molecule has 25 heavy (non-hydrogen) atoms. The number of unbranched alkanes of at least 4 members (excludes halogenated alkanes) is 1. The molecule has 0 aliphatic rings. The molecule has 2 aromatic carbocycles. The van der Waals surface area contributed by atoms with Gasteiger partial charge in [0.2, 0.25) is 0 Å². The number of hydrogen-bond acceptors (Lipinski definition) is 4. The van der Waals surface area contributed by atoms with E-state index in [1.807, 2.05) is 48.5 Å². The molecule has 0 saturated carbocycles. The van der Waals surface area contributed by atoms with Gasteiger partial charge in [-0.3, -0.25) is 0 Å². The van der Waals surface area contributed by atoms with Crippen molar-refractivity contribution in [3.63, 3.8) is 0 Å². The van der Waals surface area contributed by atoms with Crippen molar-refractivity contribution in [3.8, 4) is 11.4 Å². The van der Waals surface area contributed by atoms with Crippen LogP contribution in [0.1, 0.15) is 19.8 Å². The Hall–Kier alpha value is -3.08. The molecular weight excluding hydrogens is 314 g/mol. The molecule has 2 aromatic heterocycles. The van der Waals surface area contributed by atoms with Gasteiger partial charge in [0.15, 0.2) is 0 Å². The zero-order valence-corrected chi connectivity index (χ0v) is 14.0. The Bertz CT molecular complexity index is 1060. The second kappa shape index (κ2) is 6.43. The molecule has 0 radical (unpaired) electrons. The van der Waals surface area contributed by atoms with Gasteiger partial charge in [-0.25, -0.2) is 9.78 Å². The number of nitrogens with one attached hydrogen (secondary N) is 2. The van der Waals surface area contributed by atoms with Crippen LogP contribution >= 0.6 is 0 Å². The molecule has 0 aliphatic heterocycles. The van der Waals surface area contributed by atoms with Crippen LogP contribution in [0.25, 0.3) is 33.4 Å². The average Bonchev–Trinajstić information content (AvgIpc) is 3.05. The lowest BCUT2D eigenvalue weighted by molar-refractivity contribution is 0.563. The van der Waals surface area contributed by atoms with Crippen LogP contribution in [0, 0.1) is 0 Å². The summed E-state index contributed by atoms with van der Waals surface area (Å²) in [4.78, 5) is 20.1. The van der Waals surface area contributed by atoms with Crippen LogP contribution in [0.15, 0.2) is 57.7 Å². The second-order valence-corrected chi connectivity index (χ2v) is 6.08. The first-order valence-electron chi connectivity index (χ1n) is 8.51. The number of para-hydroxylation sites is 2. The summed E-state index contributed by atoms with van der Waals surface area (Å²) >= 11 is 0. The minimum absolute atomic E-state index is 0.391. The highest BCUT2D eigenvalue weighted by atomic mass is 16.4. The molecule has 0 fully saturated rings. The van der Waals surface area contributed by atoms with Crippen LogP contribution in [-0.2, 0) is 0 Å². The molecule has 2 heterocycles. The van der Waals surface area contributed by atoms with Gasteiger partial charge in [-0.1, -0.05) is 25.5 Å². The molecule has 4 rings (SSSR count). The number of benzene rings is 2. The second-order valence-electron chi connectivity index (χ2n) is 6.08. The SMILES string of the molecule is CCCCNc1ccc2cc(-c3nc4ccccc4[nH]3)c(=O)oc2c1. The molecule has 0 saturated heterocycles. The van der Waals surface area contributed by atoms with Crippen LogP contribution in [0.2, 0.25) is 0 Å². The van der Waals surface area contributed by atoms with E-state index < -0.39 is 5.63 Å². The van der Waals surface area contributed by atoms with Crippen molar-refractivity contribution in [2.45, 2.75) is 19.8 Å². The van der Waals surface area contributed by atoms with Crippen LogP contribution in [-0.4, -0.2) is 16.5 Å². The highest BCUT2D eigenvalue weighted by Gasteiger charge is 2.12. The number of fused-ring (bicyclic) bond motifs is 2. The summed E-state index contributed by atoms with van der Waals surface area (Å²) in [5, 5.41) is 4.21. The third-order valence-electron chi connectivity index (χ3n) is 4.24. The normalized spacial score (nSPS) is 11.2. The topological polar surface area (TPSA) is 70.9 Å². The van der Waals surface area contributed by atoms with Crippen LogP contribution < -0.4 is 10.9 Å². The fraction of sp³-hybridized carbons (Fsp3) is 0.200. The molecule has 126 valence electrons. The summed E-state index contributed by atoms with van der Waals surface area (Å²) in [6, 6.07) is 15.3. The first kappa shape index (κ1) is 15.4. The highest BCUT2D eigenvalue weighted by Crippen LogP contribution is 2.23. The molecule has 0 aliphatic carbocycles. The molecule has 0 unspecified atom stereocenters. The van der Waals surface area contributed by atoms with Crippen molar-refractivity contribution in [2.24, 2.45) is 0 Å². The number of hydrogen-bond donors (Lipinski definition) is 2. The first-order chi connectivity index (χ1) is 12.2. The molecule has 5 nitrogen and oxygen atoms in total. The molecule has 0 bridgehead atoms. The molecule has 4 aromatic rings. The van der Waals surface area contributed by atoms with Crippen molar-refractivity contribution in [3.05, 3.63) is 59.0 Å². The summed E-state index contributed by atoms with van der Waals surface area (Å²) in [7, 11) is 0. The van der Waals surface area contributed by atoms with Gasteiger partial charge in [0.25, 0.3) is 0 Å². The van der Waals surface area contributed by atoms with Crippen molar-refractivity contribution in [2.75, 3.05) is 11.9 Å². The van der Waals surface area contributed by atoms with Crippen LogP contribution in [0.4, 0.5) is 5.69 Å². The van der Waals surface area contributed by atoms with Gasteiger partial charge in [-0.2, -0.15) is 0 Å². The van der Waals surface area contributed by atoms with E-state index in [9.17, 15) is 4.79 Å². The third-order valence-corrected chi connectivity index (χ3v) is 4.24. The first-order valence-corrected chi connectivity index (χ1v) is 8.51. The minimum Gasteiger partial charge on any atom is -0.422 e. The summed E-state index contributed by atoms with van der Waals surface area (Å²) in [6.07, 6.45) is 2.24. The Morgan fingerprint density at radius 3 is 2.88 bits per heavy atom. The Labute approximate surface area is 144 Å². The Morgan fingerprint density at radius 2 is 2.04 bits per heavy atom. The Kier molecular flexibility index (Phi) is 3.98. The molecule has 2 N–H and O–H groups in total. The van der Waals surface area contributed by atoms with Crippen molar-refractivity contribution in [1.29, 1.82) is 0 Å². The number of rotatable bonds is 5. The van der Waals surface area contributed by atoms with Crippen LogP contribution in [0.3, 0.4) is 0 Å². The maximum Gasteiger partial charge on any atom is 0.347 e. The third kappa shape index (κ3) is 3.01. The average molecular weight is 333 g/mol. The van der Waals surface area contributed by atoms with E-state index in [1.54, 1.807) is 0 Å². The van der Waals surface area contributed by atoms with E-state index >= 15 is 0 Å². The van der Waals surface area contributed by atoms with E-state index in [0.717, 1.165) is 41.5 Å². The lowest BCUT2D eigenvalue weighted by Gasteiger charge is -2.06. The lowest BCUT2D eigenvalue weighted by atomic mass is 10.1. The van der Waals surface area contributed by atoms with Gasteiger partial charge in [0, 0.05) is 23.7 Å². The largest absolute Gasteiger partial charge is 0.422 e. The molecule has 5 heteroatoms. The smallest absolute Gasteiger partial charge is 0.347 e. The highest BCUT2D eigenvalue weighted by molar-refractivity contribution is 5.85. The maximum atomic E-state index is 12.4. The predicted molar refractivity (Wildman–Crippen MR) is 101 cm³/mol. The maximum absolute atomic E-state index is 12.4. The Morgan fingerprint density at radius 1 is 1.16 bits per heavy atom. The van der Waals surface area contributed by atoms with Crippen molar-refractivity contribution in [1.82, 2.24) is 9.97 Å². The number of H-pyrrole nitrogens is 1. The van der Waals surface area contributed by atoms with Gasteiger partial charge < -0.3 is 14.7 Å². The lowest BCUT2D eigenvalue weighted by Crippen LogP contribution is -2.04. The van der Waals surface area contributed by atoms with E-state index in [1.165, 1.54) is 0 Å². The molecule has 0 spiro atoms. The number of anilines is 1. The van der Waals surface area contributed by atoms with Gasteiger partial charge in [-0.15, -0.1) is 0 Å². The quantitative estimate of drug-likeness (QED) is 0.415. The van der Waals surface area contributed by atoms with E-state index in [0.29, 0.717) is 17.0 Å². The number of nitrogens with zero attached hydrogens (tertiary/aromatic N) is 1. The van der Waals surface area contributed by atoms with Crippen molar-refractivity contribution < 1.29 is 4.42 Å². The summed E-state index contributed by atoms with van der Waals surface area (Å²) in [5.41, 5.74) is 3.31. The van der Waals surface area contributed by atoms with E-state index in [4.69, 9.17) is 4.42 Å². The molecule has 0 amide bonds. The number of aromatic amines is 1. The zero-order valence-electron chi connectivity index (χ0n) is 14.0. The number of aromatic nitrogens is 2. The summed E-state index contributed by atoms with van der Waals surface area (Å²) in [5.74, 6) is 0.530. The monoisotopic (exact) mass is 333 g/mol. The summed E-state index contributed by atoms with van der Waals surface area (Å²) in [6.45, 7) is 3.06. The van der Waals surface area contributed by atoms with Gasteiger partial charge >= 0.3 is 5.63 Å². The van der Waals surface area contributed by atoms with Crippen LogP contribution in [0.5, 0.6) is 0 Å². The molecule has 0 atom stereocenters. The van der Waals surface area contributed by atoms with Crippen molar-refractivity contribution >= 4 is 27.7 Å². The standard InChI is InChI=1S/C20H19N3O2/c1-2-3-10-21-14-9-8-13-11-15(20(24)25-18(13)12-14)19-22-16-6-4-5-7-17(16)23-19/h4-9,11-12,21H,2-3,10H2,1H3,(H,22,23). The predicted octanol–water partition coefficient (Wildman–Crippen LogP) is 4.55. The zero-order chi connectivity index (χ0) is 17.2. The minimum atomic E-state index is -0.391. The fourth-order valence-corrected chi connectivity index (χ4v) is 2.88. The summed E-state index contributed by atoms with van der Waals surface area (Å²) < 4.78 is 5.53. The van der Waals surface area contributed by atoms with Gasteiger partial charge in [0.1, 0.15) is 17.0 Å². The van der Waals surface area contributed by atoms with Gasteiger partial charge in [-0.05, 0) is 36.8 Å². The van der Waals surface area contributed by atoms with E-state index in [2.05, 4.69) is 22.2 Å². The Balaban J connectivity index is 1.74. The van der Waals surface area contributed by atoms with E-state index in [-0.39, 0.29) is 0 Å². The van der Waals surface area contributed by atoms with Gasteiger partial charge in [0.05, 0.1) is 11.0 Å². The molecular formula is C20H19N3O2. The number of imidazole rings is 1. The fourth-order valence-electron chi connectivity index (χ4n) is 2.88.